The fourth-order valence-electron chi connectivity index (χ4n) is 1.33. The Kier molecular flexibility index (Phi) is 6.00. The van der Waals surface area contributed by atoms with Crippen molar-refractivity contribution in [1.82, 2.24) is 5.32 Å². The number of amides is 1. The van der Waals surface area contributed by atoms with Crippen LogP contribution in [0.3, 0.4) is 0 Å². The number of hydrogen-bond acceptors (Lipinski definition) is 3. The van der Waals surface area contributed by atoms with E-state index in [2.05, 4.69) is 17.9 Å². The highest BCUT2D eigenvalue weighted by Gasteiger charge is 2.08. The molecule has 2 N–H and O–H groups in total. The van der Waals surface area contributed by atoms with Gasteiger partial charge in [0.05, 0.1) is 6.42 Å². The molecule has 5 heteroatoms. The largest absolute Gasteiger partial charge is 0.481 e. The van der Waals surface area contributed by atoms with Gasteiger partial charge in [-0.15, -0.1) is 0 Å². The monoisotopic (exact) mass is 265 g/mol. The van der Waals surface area contributed by atoms with E-state index < -0.39 is 5.97 Å². The van der Waals surface area contributed by atoms with Gasteiger partial charge >= 0.3 is 5.97 Å². The Balaban J connectivity index is 2.63. The molecule has 0 radical (unpaired) electrons. The fourth-order valence-corrected chi connectivity index (χ4v) is 1.56. The minimum absolute atomic E-state index is 0.0864. The van der Waals surface area contributed by atoms with Crippen molar-refractivity contribution >= 4 is 30.6 Å². The average Bonchev–Trinajstić information content (AvgIpc) is 2.36. The lowest BCUT2D eigenvalue weighted by molar-refractivity contribution is -0.136. The third kappa shape index (κ3) is 5.05. The van der Waals surface area contributed by atoms with Gasteiger partial charge in [-0.2, -0.15) is 12.6 Å². The Labute approximate surface area is 111 Å². The quantitative estimate of drug-likeness (QED) is 0.540. The van der Waals surface area contributed by atoms with Gasteiger partial charge in [-0.05, 0) is 11.6 Å². The van der Waals surface area contributed by atoms with Crippen LogP contribution in [0.15, 0.2) is 35.9 Å². The van der Waals surface area contributed by atoms with E-state index in [9.17, 15) is 9.59 Å². The molecule has 0 aromatic heterocycles. The van der Waals surface area contributed by atoms with Crippen LogP contribution in [0.25, 0.3) is 6.08 Å². The van der Waals surface area contributed by atoms with Crippen molar-refractivity contribution < 1.29 is 14.7 Å². The first kappa shape index (κ1) is 14.3. The summed E-state index contributed by atoms with van der Waals surface area (Å²) in [6.45, 7) is 0.119. The smallest absolute Gasteiger partial charge is 0.305 e. The van der Waals surface area contributed by atoms with Gasteiger partial charge in [0, 0.05) is 17.9 Å². The van der Waals surface area contributed by atoms with E-state index in [-0.39, 0.29) is 18.9 Å². The lowest BCUT2D eigenvalue weighted by Crippen LogP contribution is -2.27. The van der Waals surface area contributed by atoms with Gasteiger partial charge in [0.25, 0.3) is 0 Å². The number of carboxylic acids is 1. The van der Waals surface area contributed by atoms with E-state index in [1.54, 1.807) is 6.08 Å². The van der Waals surface area contributed by atoms with Crippen LogP contribution in [-0.2, 0) is 9.59 Å². The molecule has 1 amide bonds. The van der Waals surface area contributed by atoms with Crippen LogP contribution in [0, 0.1) is 0 Å². The Hall–Kier alpha value is -1.75. The van der Waals surface area contributed by atoms with Gasteiger partial charge in [0.15, 0.2) is 0 Å². The zero-order chi connectivity index (χ0) is 13.4. The maximum absolute atomic E-state index is 11.7. The zero-order valence-corrected chi connectivity index (χ0v) is 10.7. The minimum atomic E-state index is -0.935. The maximum atomic E-state index is 11.7. The zero-order valence-electron chi connectivity index (χ0n) is 9.80. The maximum Gasteiger partial charge on any atom is 0.305 e. The van der Waals surface area contributed by atoms with Gasteiger partial charge < -0.3 is 10.4 Å². The SMILES string of the molecule is O=C(O)CCNC(=O)C(=Cc1ccccc1)CS. The highest BCUT2D eigenvalue weighted by Crippen LogP contribution is 2.08. The Bertz CT molecular complexity index is 443. The standard InChI is InChI=1S/C13H15NO3S/c15-12(16)6-7-14-13(17)11(9-18)8-10-4-2-1-3-5-10/h1-5,8,18H,6-7,9H2,(H,14,17)(H,15,16). The van der Waals surface area contributed by atoms with Crippen molar-refractivity contribution in [2.24, 2.45) is 0 Å². The molecule has 0 atom stereocenters. The molecular weight excluding hydrogens is 250 g/mol. The summed E-state index contributed by atoms with van der Waals surface area (Å²) in [7, 11) is 0. The molecule has 1 aromatic carbocycles. The Morgan fingerprint density at radius 1 is 1.28 bits per heavy atom. The highest BCUT2D eigenvalue weighted by atomic mass is 32.1. The predicted octanol–water partition coefficient (Wildman–Crippen LogP) is 1.59. The van der Waals surface area contributed by atoms with Crippen molar-refractivity contribution in [1.29, 1.82) is 0 Å². The van der Waals surface area contributed by atoms with E-state index in [1.165, 1.54) is 0 Å². The molecule has 0 saturated carbocycles. The second kappa shape index (κ2) is 7.55. The molecule has 18 heavy (non-hydrogen) atoms. The van der Waals surface area contributed by atoms with E-state index in [0.29, 0.717) is 11.3 Å². The molecule has 0 aliphatic carbocycles. The number of aliphatic carboxylic acids is 1. The molecule has 0 spiro atoms. The number of carbonyl (C=O) groups is 2. The van der Waals surface area contributed by atoms with Crippen molar-refractivity contribution in [3.63, 3.8) is 0 Å². The van der Waals surface area contributed by atoms with Crippen LogP contribution in [0.4, 0.5) is 0 Å². The molecule has 0 aliphatic heterocycles. The van der Waals surface area contributed by atoms with Crippen molar-refractivity contribution in [2.75, 3.05) is 12.3 Å². The first-order chi connectivity index (χ1) is 8.63. The lowest BCUT2D eigenvalue weighted by Gasteiger charge is -2.05. The van der Waals surface area contributed by atoms with Crippen molar-refractivity contribution in [3.05, 3.63) is 41.5 Å². The van der Waals surface area contributed by atoms with Gasteiger partial charge in [0.1, 0.15) is 0 Å². The van der Waals surface area contributed by atoms with E-state index in [4.69, 9.17) is 5.11 Å². The molecule has 0 aliphatic rings. The van der Waals surface area contributed by atoms with Gasteiger partial charge in [-0.3, -0.25) is 9.59 Å². The molecule has 0 saturated heterocycles. The molecule has 4 nitrogen and oxygen atoms in total. The molecule has 1 aromatic rings. The van der Waals surface area contributed by atoms with E-state index in [1.807, 2.05) is 30.3 Å². The highest BCUT2D eigenvalue weighted by molar-refractivity contribution is 7.80. The predicted molar refractivity (Wildman–Crippen MR) is 73.5 cm³/mol. The second-order valence-corrected chi connectivity index (χ2v) is 3.95. The van der Waals surface area contributed by atoms with E-state index in [0.717, 1.165) is 5.56 Å². The first-order valence-corrected chi connectivity index (χ1v) is 6.13. The van der Waals surface area contributed by atoms with Crippen LogP contribution in [0.1, 0.15) is 12.0 Å². The second-order valence-electron chi connectivity index (χ2n) is 3.64. The number of hydrogen-bond donors (Lipinski definition) is 3. The molecular formula is C13H15NO3S. The summed E-state index contributed by atoms with van der Waals surface area (Å²) in [5.74, 6) is -0.918. The van der Waals surface area contributed by atoms with Crippen LogP contribution < -0.4 is 5.32 Å². The average molecular weight is 265 g/mol. The normalized spacial score (nSPS) is 11.1. The topological polar surface area (TPSA) is 66.4 Å². The summed E-state index contributed by atoms with van der Waals surface area (Å²) in [5.41, 5.74) is 1.42. The Morgan fingerprint density at radius 3 is 2.50 bits per heavy atom. The number of benzene rings is 1. The lowest BCUT2D eigenvalue weighted by atomic mass is 10.1. The summed E-state index contributed by atoms with van der Waals surface area (Å²) in [6, 6.07) is 9.42. The summed E-state index contributed by atoms with van der Waals surface area (Å²) in [5, 5.41) is 11.0. The molecule has 1 rings (SSSR count). The number of nitrogens with one attached hydrogen (secondary N) is 1. The third-order valence-corrected chi connectivity index (χ3v) is 2.57. The number of rotatable bonds is 6. The molecule has 0 bridgehead atoms. The Morgan fingerprint density at radius 2 is 1.94 bits per heavy atom. The third-order valence-electron chi connectivity index (χ3n) is 2.23. The molecule has 0 fully saturated rings. The number of carboxylic acid groups (broad SMARTS) is 1. The summed E-state index contributed by atoms with van der Waals surface area (Å²) >= 11 is 4.10. The van der Waals surface area contributed by atoms with Gasteiger partial charge in [-0.25, -0.2) is 0 Å². The number of carbonyl (C=O) groups excluding carboxylic acids is 1. The van der Waals surface area contributed by atoms with Crippen molar-refractivity contribution in [2.45, 2.75) is 6.42 Å². The molecule has 0 heterocycles. The minimum Gasteiger partial charge on any atom is -0.481 e. The van der Waals surface area contributed by atoms with Crippen molar-refractivity contribution in [3.8, 4) is 0 Å². The summed E-state index contributed by atoms with van der Waals surface area (Å²) < 4.78 is 0. The number of thiol groups is 1. The molecule has 96 valence electrons. The summed E-state index contributed by atoms with van der Waals surface area (Å²) in [4.78, 5) is 22.1. The summed E-state index contributed by atoms with van der Waals surface area (Å²) in [6.07, 6.45) is 1.65. The first-order valence-electron chi connectivity index (χ1n) is 5.50. The van der Waals surface area contributed by atoms with Crippen LogP contribution in [0.5, 0.6) is 0 Å². The molecule has 0 unspecified atom stereocenters. The van der Waals surface area contributed by atoms with Crippen LogP contribution in [-0.4, -0.2) is 29.3 Å². The van der Waals surface area contributed by atoms with Crippen LogP contribution in [0.2, 0.25) is 0 Å². The van der Waals surface area contributed by atoms with Gasteiger partial charge in [-0.1, -0.05) is 30.3 Å². The fraction of sp³-hybridized carbons (Fsp3) is 0.231. The van der Waals surface area contributed by atoms with Crippen LogP contribution >= 0.6 is 12.6 Å². The van der Waals surface area contributed by atoms with Gasteiger partial charge in [0.2, 0.25) is 5.91 Å². The van der Waals surface area contributed by atoms with E-state index >= 15 is 0 Å².